The number of hydrogen-bond acceptors (Lipinski definition) is 6. The van der Waals surface area contributed by atoms with Crippen LogP contribution in [0.3, 0.4) is 0 Å². The van der Waals surface area contributed by atoms with Gasteiger partial charge in [0.2, 0.25) is 0 Å². The van der Waals surface area contributed by atoms with Crippen LogP contribution in [0.25, 0.3) is 20.7 Å². The van der Waals surface area contributed by atoms with Crippen LogP contribution in [0.1, 0.15) is 12.8 Å². The smallest absolute Gasteiger partial charge is 0.294 e. The number of aromatic nitrogens is 2. The lowest BCUT2D eigenvalue weighted by atomic mass is 9.66. The van der Waals surface area contributed by atoms with Gasteiger partial charge >= 0.3 is 0 Å². The number of rotatable bonds is 3. The average Bonchev–Trinajstić information content (AvgIpc) is 3.26. The van der Waals surface area contributed by atoms with Gasteiger partial charge in [0.05, 0.1) is 0 Å². The van der Waals surface area contributed by atoms with Gasteiger partial charge in [0.25, 0.3) is 5.19 Å². The molecule has 128 valence electrons. The van der Waals surface area contributed by atoms with Gasteiger partial charge in [-0.1, -0.05) is 22.5 Å². The van der Waals surface area contributed by atoms with E-state index in [0.717, 1.165) is 21.7 Å². The molecule has 5 heterocycles. The van der Waals surface area contributed by atoms with Crippen LogP contribution in [0.5, 0.6) is 5.19 Å². The van der Waals surface area contributed by atoms with Crippen molar-refractivity contribution in [2.75, 3.05) is 19.6 Å². The molecule has 0 spiro atoms. The van der Waals surface area contributed by atoms with Crippen molar-refractivity contribution in [2.24, 2.45) is 17.8 Å². The number of nitrogens with zero attached hydrogens (tertiary/aromatic N) is 3. The van der Waals surface area contributed by atoms with Crippen LogP contribution in [0.15, 0.2) is 29.6 Å². The van der Waals surface area contributed by atoms with Crippen LogP contribution in [-0.4, -0.2) is 40.8 Å². The summed E-state index contributed by atoms with van der Waals surface area (Å²) < 4.78 is 7.70. The summed E-state index contributed by atoms with van der Waals surface area (Å²) in [5.74, 6) is 2.26. The van der Waals surface area contributed by atoms with Gasteiger partial charge in [-0.15, -0.1) is 16.4 Å². The zero-order valence-corrected chi connectivity index (χ0v) is 15.4. The van der Waals surface area contributed by atoms with E-state index in [0.29, 0.717) is 17.9 Å². The molecule has 1 saturated carbocycles. The number of benzene rings is 1. The third-order valence-electron chi connectivity index (χ3n) is 6.05. The van der Waals surface area contributed by atoms with Crippen molar-refractivity contribution < 1.29 is 4.74 Å². The molecule has 0 amide bonds. The Morgan fingerprint density at radius 2 is 1.92 bits per heavy atom. The molecule has 0 N–H and O–H groups in total. The summed E-state index contributed by atoms with van der Waals surface area (Å²) in [5, 5.41) is 13.8. The van der Waals surface area contributed by atoms with E-state index in [4.69, 9.17) is 4.74 Å². The van der Waals surface area contributed by atoms with Crippen molar-refractivity contribution in [3.8, 4) is 15.8 Å². The molecule has 0 radical (unpaired) electrons. The maximum Gasteiger partial charge on any atom is 0.294 e. The highest BCUT2D eigenvalue weighted by molar-refractivity contribution is 7.17. The molecule has 3 aliphatic heterocycles. The number of fused-ring (bicyclic) bond motifs is 1. The molecule has 7 rings (SSSR count). The molecule has 1 aliphatic carbocycles. The van der Waals surface area contributed by atoms with Gasteiger partial charge in [0.15, 0.2) is 5.01 Å². The first-order valence-corrected chi connectivity index (χ1v) is 10.7. The summed E-state index contributed by atoms with van der Waals surface area (Å²) in [6.07, 6.45) is 3.00. The molecular formula is C19H19N3OS2. The van der Waals surface area contributed by atoms with Crippen molar-refractivity contribution in [2.45, 2.75) is 18.9 Å². The third kappa shape index (κ3) is 2.42. The summed E-state index contributed by atoms with van der Waals surface area (Å²) in [6.45, 7) is 3.73. The fourth-order valence-electron chi connectivity index (χ4n) is 5.15. The zero-order chi connectivity index (χ0) is 16.4. The predicted octanol–water partition coefficient (Wildman–Crippen LogP) is 4.14. The van der Waals surface area contributed by atoms with Crippen molar-refractivity contribution in [3.63, 3.8) is 0 Å². The van der Waals surface area contributed by atoms with Crippen LogP contribution in [0.4, 0.5) is 0 Å². The van der Waals surface area contributed by atoms with Crippen LogP contribution < -0.4 is 4.74 Å². The Hall–Kier alpha value is -1.50. The molecule has 3 saturated heterocycles. The molecule has 2 unspecified atom stereocenters. The molecule has 4 nitrogen and oxygen atoms in total. The van der Waals surface area contributed by atoms with Crippen LogP contribution >= 0.6 is 22.7 Å². The van der Waals surface area contributed by atoms with Crippen molar-refractivity contribution >= 4 is 32.8 Å². The molecule has 6 heteroatoms. The first-order chi connectivity index (χ1) is 12.3. The number of piperidine rings is 3. The van der Waals surface area contributed by atoms with Crippen molar-refractivity contribution in [3.05, 3.63) is 29.6 Å². The first-order valence-electron chi connectivity index (χ1n) is 9.02. The quantitative estimate of drug-likeness (QED) is 0.695. The largest absolute Gasteiger partial charge is 0.465 e. The van der Waals surface area contributed by atoms with Crippen molar-refractivity contribution in [1.29, 1.82) is 0 Å². The van der Waals surface area contributed by atoms with Gasteiger partial charge in [0.1, 0.15) is 6.10 Å². The molecule has 3 aromatic rings. The van der Waals surface area contributed by atoms with Gasteiger partial charge < -0.3 is 9.64 Å². The van der Waals surface area contributed by atoms with Gasteiger partial charge in [-0.25, -0.2) is 0 Å². The number of ether oxygens (including phenoxy) is 1. The van der Waals surface area contributed by atoms with E-state index >= 15 is 0 Å². The Morgan fingerprint density at radius 1 is 1.04 bits per heavy atom. The fourth-order valence-corrected chi connectivity index (χ4v) is 6.65. The molecule has 4 bridgehead atoms. The lowest BCUT2D eigenvalue weighted by Crippen LogP contribution is -2.61. The Morgan fingerprint density at radius 3 is 2.76 bits per heavy atom. The highest BCUT2D eigenvalue weighted by atomic mass is 32.1. The predicted molar refractivity (Wildman–Crippen MR) is 101 cm³/mol. The monoisotopic (exact) mass is 369 g/mol. The second-order valence-corrected chi connectivity index (χ2v) is 9.59. The fraction of sp³-hybridized carbons (Fsp3) is 0.474. The Bertz CT molecular complexity index is 906. The topological polar surface area (TPSA) is 38.3 Å². The lowest BCUT2D eigenvalue weighted by Gasteiger charge is -2.54. The molecule has 4 aliphatic rings. The summed E-state index contributed by atoms with van der Waals surface area (Å²) in [6, 6.07) is 8.67. The van der Waals surface area contributed by atoms with Gasteiger partial charge in [0, 0.05) is 41.7 Å². The van der Waals surface area contributed by atoms with E-state index in [-0.39, 0.29) is 0 Å². The minimum absolute atomic E-state index is 0.341. The zero-order valence-electron chi connectivity index (χ0n) is 13.8. The number of thiophene rings is 1. The average molecular weight is 370 g/mol. The second kappa shape index (κ2) is 5.50. The normalized spacial score (nSPS) is 33.2. The summed E-state index contributed by atoms with van der Waals surface area (Å²) >= 11 is 3.36. The van der Waals surface area contributed by atoms with E-state index in [1.807, 2.05) is 0 Å². The highest BCUT2D eigenvalue weighted by Gasteiger charge is 2.49. The van der Waals surface area contributed by atoms with E-state index in [1.54, 1.807) is 22.7 Å². The van der Waals surface area contributed by atoms with E-state index in [2.05, 4.69) is 44.7 Å². The lowest BCUT2D eigenvalue weighted by molar-refractivity contribution is -0.0986. The minimum Gasteiger partial charge on any atom is -0.465 e. The van der Waals surface area contributed by atoms with E-state index in [9.17, 15) is 0 Å². The van der Waals surface area contributed by atoms with E-state index < -0.39 is 0 Å². The van der Waals surface area contributed by atoms with Crippen molar-refractivity contribution in [1.82, 2.24) is 15.1 Å². The third-order valence-corrected chi connectivity index (χ3v) is 7.81. The summed E-state index contributed by atoms with van der Waals surface area (Å²) in [4.78, 5) is 2.63. The standard InChI is InChI=1S/C19H19N3OS2/c1-2-16-12(3-4-24-16)7-13(1)18-20-21-19(25-18)23-17-14-5-11-6-15(17)10-22(8-11)9-14/h1-4,7,11,14-15,17H,5-6,8-10H2. The molecule has 2 atom stereocenters. The maximum atomic E-state index is 6.39. The van der Waals surface area contributed by atoms with Gasteiger partial charge in [-0.05, 0) is 47.7 Å². The van der Waals surface area contributed by atoms with E-state index in [1.165, 1.54) is 42.6 Å². The first kappa shape index (κ1) is 14.6. The Labute approximate surface area is 154 Å². The SMILES string of the molecule is c1cc2cc(-c3nnc(OC4C5CC6CC4CN(C6)C5)s3)ccc2s1. The highest BCUT2D eigenvalue weighted by Crippen LogP contribution is 2.45. The minimum atomic E-state index is 0.341. The maximum absolute atomic E-state index is 6.39. The Balaban J connectivity index is 1.25. The van der Waals surface area contributed by atoms with Crippen LogP contribution in [0, 0.1) is 17.8 Å². The van der Waals surface area contributed by atoms with Crippen LogP contribution in [0.2, 0.25) is 0 Å². The Kier molecular flexibility index (Phi) is 3.22. The molecule has 1 aromatic carbocycles. The molecule has 4 fully saturated rings. The summed E-state index contributed by atoms with van der Waals surface area (Å²) in [7, 11) is 0. The second-order valence-electron chi connectivity index (χ2n) is 7.70. The molecule has 2 aromatic heterocycles. The summed E-state index contributed by atoms with van der Waals surface area (Å²) in [5.41, 5.74) is 1.13. The molecule has 25 heavy (non-hydrogen) atoms. The van der Waals surface area contributed by atoms with Gasteiger partial charge in [-0.3, -0.25) is 0 Å². The van der Waals surface area contributed by atoms with Crippen LogP contribution in [-0.2, 0) is 0 Å². The van der Waals surface area contributed by atoms with Gasteiger partial charge in [-0.2, -0.15) is 0 Å². The number of hydrogen-bond donors (Lipinski definition) is 0. The molecular weight excluding hydrogens is 350 g/mol.